The SMILES string of the molecule is CCOCc1cc(OC)c(-c2ccc(CC(NCc3c(F)cccc3F)C(=O)O)c3ccc(C)nc23)c(OC)c1. The lowest BCUT2D eigenvalue weighted by molar-refractivity contribution is -0.139. The molecule has 0 aliphatic rings. The minimum Gasteiger partial charge on any atom is -0.496 e. The summed E-state index contributed by atoms with van der Waals surface area (Å²) >= 11 is 0. The molecular weight excluding hydrogens is 518 g/mol. The summed E-state index contributed by atoms with van der Waals surface area (Å²) < 4.78 is 45.3. The minimum absolute atomic E-state index is 0.0640. The van der Waals surface area contributed by atoms with Crippen LogP contribution in [0.15, 0.2) is 54.6 Å². The molecule has 4 rings (SSSR count). The molecule has 1 unspecified atom stereocenters. The van der Waals surface area contributed by atoms with Crippen molar-refractivity contribution in [3.63, 3.8) is 0 Å². The van der Waals surface area contributed by atoms with Gasteiger partial charge in [0.05, 0.1) is 31.9 Å². The number of aliphatic carboxylic acids is 1. The third kappa shape index (κ3) is 6.21. The zero-order valence-corrected chi connectivity index (χ0v) is 22.9. The number of halogens is 2. The molecule has 0 radical (unpaired) electrons. The maximum atomic E-state index is 14.1. The Balaban J connectivity index is 1.76. The lowest BCUT2D eigenvalue weighted by Crippen LogP contribution is -2.38. The minimum atomic E-state index is -1.14. The molecular formula is C31H32F2N2O5. The number of pyridine rings is 1. The molecule has 1 aromatic heterocycles. The average molecular weight is 551 g/mol. The fourth-order valence-corrected chi connectivity index (χ4v) is 4.68. The number of carboxylic acids is 1. The van der Waals surface area contributed by atoms with Gasteiger partial charge in [0, 0.05) is 35.4 Å². The van der Waals surface area contributed by atoms with Crippen LogP contribution in [0.1, 0.15) is 29.3 Å². The average Bonchev–Trinajstić information content (AvgIpc) is 2.94. The molecule has 2 N–H and O–H groups in total. The summed E-state index contributed by atoms with van der Waals surface area (Å²) in [6.45, 7) is 4.50. The first kappa shape index (κ1) is 28.9. The van der Waals surface area contributed by atoms with Gasteiger partial charge in [-0.2, -0.15) is 0 Å². The van der Waals surface area contributed by atoms with Gasteiger partial charge in [0.15, 0.2) is 0 Å². The molecule has 0 saturated carbocycles. The fraction of sp³-hybridized carbons (Fsp3) is 0.290. The lowest BCUT2D eigenvalue weighted by atomic mass is 9.93. The second-order valence-corrected chi connectivity index (χ2v) is 9.31. The number of nitrogens with zero attached hydrogens (tertiary/aromatic N) is 1. The van der Waals surface area contributed by atoms with E-state index in [4.69, 9.17) is 19.2 Å². The molecule has 0 amide bonds. The van der Waals surface area contributed by atoms with Gasteiger partial charge < -0.3 is 19.3 Å². The lowest BCUT2D eigenvalue weighted by Gasteiger charge is -2.20. The number of aromatic nitrogens is 1. The van der Waals surface area contributed by atoms with Gasteiger partial charge in [-0.3, -0.25) is 15.1 Å². The van der Waals surface area contributed by atoms with Gasteiger partial charge in [0.25, 0.3) is 0 Å². The summed E-state index contributed by atoms with van der Waals surface area (Å²) in [6.07, 6.45) is 0.0640. The molecule has 0 aliphatic heterocycles. The van der Waals surface area contributed by atoms with Crippen LogP contribution in [0.4, 0.5) is 8.78 Å². The van der Waals surface area contributed by atoms with Gasteiger partial charge in [-0.25, -0.2) is 8.78 Å². The number of nitrogens with one attached hydrogen (secondary N) is 1. The van der Waals surface area contributed by atoms with Gasteiger partial charge in [-0.05, 0) is 61.7 Å². The summed E-state index contributed by atoms with van der Waals surface area (Å²) in [4.78, 5) is 16.9. The molecule has 3 aromatic carbocycles. The number of carbonyl (C=O) groups is 1. The quantitative estimate of drug-likeness (QED) is 0.230. The van der Waals surface area contributed by atoms with Crippen molar-refractivity contribution in [2.75, 3.05) is 20.8 Å². The molecule has 40 heavy (non-hydrogen) atoms. The number of aryl methyl sites for hydroxylation is 1. The molecule has 4 aromatic rings. The van der Waals surface area contributed by atoms with Gasteiger partial charge in [-0.15, -0.1) is 0 Å². The van der Waals surface area contributed by atoms with Crippen LogP contribution in [-0.2, 0) is 29.1 Å². The topological polar surface area (TPSA) is 89.9 Å². The summed E-state index contributed by atoms with van der Waals surface area (Å²) in [5, 5.41) is 13.5. The number of carboxylic acid groups (broad SMARTS) is 1. The van der Waals surface area contributed by atoms with Gasteiger partial charge in [0.2, 0.25) is 0 Å². The van der Waals surface area contributed by atoms with Crippen LogP contribution in [0.2, 0.25) is 0 Å². The Hall–Kier alpha value is -4.08. The van der Waals surface area contributed by atoms with E-state index < -0.39 is 23.6 Å². The first-order valence-electron chi connectivity index (χ1n) is 12.9. The first-order chi connectivity index (χ1) is 19.3. The van der Waals surface area contributed by atoms with Crippen molar-refractivity contribution in [2.45, 2.75) is 39.5 Å². The second kappa shape index (κ2) is 12.8. The Kier molecular flexibility index (Phi) is 9.29. The smallest absolute Gasteiger partial charge is 0.321 e. The summed E-state index contributed by atoms with van der Waals surface area (Å²) in [5.74, 6) is -1.43. The highest BCUT2D eigenvalue weighted by atomic mass is 19.1. The molecule has 0 bridgehead atoms. The molecule has 7 nitrogen and oxygen atoms in total. The number of methoxy groups -OCH3 is 2. The zero-order valence-electron chi connectivity index (χ0n) is 22.9. The van der Waals surface area contributed by atoms with Crippen LogP contribution in [0.5, 0.6) is 11.5 Å². The van der Waals surface area contributed by atoms with Crippen LogP contribution < -0.4 is 14.8 Å². The summed E-state index contributed by atoms with van der Waals surface area (Å²) in [6, 6.07) is 13.7. The molecule has 9 heteroatoms. The fourth-order valence-electron chi connectivity index (χ4n) is 4.68. The van der Waals surface area contributed by atoms with Crippen LogP contribution in [0, 0.1) is 18.6 Å². The molecule has 1 heterocycles. The standard InChI is InChI=1S/C31H32F2N2O5/c1-5-40-17-19-13-27(38-3)29(28(14-19)39-4)22-12-10-20(21-11-9-18(2)35-30(21)22)15-26(31(36)37)34-16-23-24(32)7-6-8-25(23)33/h6-14,26,34H,5,15-17H2,1-4H3,(H,36,37). The summed E-state index contributed by atoms with van der Waals surface area (Å²) in [5.41, 5.74) is 4.29. The number of benzene rings is 3. The van der Waals surface area contributed by atoms with E-state index in [1.165, 1.54) is 6.07 Å². The van der Waals surface area contributed by atoms with Crippen LogP contribution in [0.25, 0.3) is 22.0 Å². The van der Waals surface area contributed by atoms with E-state index in [2.05, 4.69) is 5.32 Å². The largest absolute Gasteiger partial charge is 0.496 e. The van der Waals surface area contributed by atoms with Crippen LogP contribution in [-0.4, -0.2) is 42.9 Å². The van der Waals surface area contributed by atoms with E-state index in [1.54, 1.807) is 14.2 Å². The zero-order chi connectivity index (χ0) is 28.8. The van der Waals surface area contributed by atoms with Crippen molar-refractivity contribution in [1.29, 1.82) is 0 Å². The van der Waals surface area contributed by atoms with Crippen molar-refractivity contribution in [2.24, 2.45) is 0 Å². The number of rotatable bonds is 12. The normalized spacial score (nSPS) is 11.9. The van der Waals surface area contributed by atoms with Crippen LogP contribution in [0.3, 0.4) is 0 Å². The van der Waals surface area contributed by atoms with E-state index in [0.29, 0.717) is 41.4 Å². The third-order valence-electron chi connectivity index (χ3n) is 6.70. The molecule has 0 fully saturated rings. The maximum absolute atomic E-state index is 14.1. The van der Waals surface area contributed by atoms with E-state index in [-0.39, 0.29) is 18.5 Å². The molecule has 0 aliphatic carbocycles. The van der Waals surface area contributed by atoms with Crippen LogP contribution >= 0.6 is 0 Å². The van der Waals surface area contributed by atoms with Crippen molar-refractivity contribution < 1.29 is 32.9 Å². The van der Waals surface area contributed by atoms with Crippen molar-refractivity contribution in [1.82, 2.24) is 10.3 Å². The molecule has 1 atom stereocenters. The Morgan fingerprint density at radius 1 is 1.02 bits per heavy atom. The number of hydrogen-bond donors (Lipinski definition) is 2. The highest BCUT2D eigenvalue weighted by Crippen LogP contribution is 2.43. The number of hydrogen-bond acceptors (Lipinski definition) is 6. The highest BCUT2D eigenvalue weighted by Gasteiger charge is 2.23. The van der Waals surface area contributed by atoms with E-state index in [0.717, 1.165) is 34.3 Å². The monoisotopic (exact) mass is 550 g/mol. The third-order valence-corrected chi connectivity index (χ3v) is 6.70. The molecule has 0 spiro atoms. The van der Waals surface area contributed by atoms with Crippen molar-refractivity contribution in [3.8, 4) is 22.6 Å². The number of ether oxygens (including phenoxy) is 3. The summed E-state index contributed by atoms with van der Waals surface area (Å²) in [7, 11) is 3.17. The molecule has 210 valence electrons. The second-order valence-electron chi connectivity index (χ2n) is 9.31. The van der Waals surface area contributed by atoms with Crippen molar-refractivity contribution in [3.05, 3.63) is 88.6 Å². The maximum Gasteiger partial charge on any atom is 0.321 e. The Morgan fingerprint density at radius 3 is 2.30 bits per heavy atom. The molecule has 0 saturated heterocycles. The van der Waals surface area contributed by atoms with Gasteiger partial charge >= 0.3 is 5.97 Å². The first-order valence-corrected chi connectivity index (χ1v) is 12.9. The van der Waals surface area contributed by atoms with E-state index in [9.17, 15) is 18.7 Å². The number of fused-ring (bicyclic) bond motifs is 1. The Morgan fingerprint density at radius 2 is 1.70 bits per heavy atom. The predicted octanol–water partition coefficient (Wildman–Crippen LogP) is 5.83. The Bertz CT molecular complexity index is 1480. The Labute approximate surface area is 231 Å². The predicted molar refractivity (Wildman–Crippen MR) is 149 cm³/mol. The van der Waals surface area contributed by atoms with E-state index in [1.807, 2.05) is 50.2 Å². The highest BCUT2D eigenvalue weighted by molar-refractivity contribution is 5.99. The van der Waals surface area contributed by atoms with Gasteiger partial charge in [-0.1, -0.05) is 24.3 Å². The van der Waals surface area contributed by atoms with Crippen molar-refractivity contribution >= 4 is 16.9 Å². The van der Waals surface area contributed by atoms with E-state index >= 15 is 0 Å². The van der Waals surface area contributed by atoms with Gasteiger partial charge in [0.1, 0.15) is 29.2 Å².